The first-order chi connectivity index (χ1) is 7.69. The third kappa shape index (κ3) is 4.06. The topological polar surface area (TPSA) is 29.3 Å². The van der Waals surface area contributed by atoms with Crippen LogP contribution < -0.4 is 5.73 Å². The summed E-state index contributed by atoms with van der Waals surface area (Å²) in [5.41, 5.74) is 5.98. The molecule has 16 heavy (non-hydrogen) atoms. The molecular weight excluding hydrogens is 196 g/mol. The van der Waals surface area contributed by atoms with Gasteiger partial charge in [0.15, 0.2) is 0 Å². The van der Waals surface area contributed by atoms with Crippen molar-refractivity contribution in [2.75, 3.05) is 13.1 Å². The first kappa shape index (κ1) is 14.0. The van der Waals surface area contributed by atoms with Gasteiger partial charge in [-0.05, 0) is 38.1 Å². The summed E-state index contributed by atoms with van der Waals surface area (Å²) in [4.78, 5) is 2.72. The first-order valence-electron chi connectivity index (χ1n) is 7.14. The number of nitrogens with zero attached hydrogens (tertiary/aromatic N) is 1. The van der Waals surface area contributed by atoms with Crippen LogP contribution in [0.1, 0.15) is 59.3 Å². The van der Waals surface area contributed by atoms with E-state index in [2.05, 4.69) is 25.7 Å². The Kier molecular flexibility index (Phi) is 6.37. The van der Waals surface area contributed by atoms with Gasteiger partial charge >= 0.3 is 0 Å². The van der Waals surface area contributed by atoms with Crippen molar-refractivity contribution in [3.8, 4) is 0 Å². The van der Waals surface area contributed by atoms with Gasteiger partial charge in [-0.3, -0.25) is 4.90 Å². The predicted molar refractivity (Wildman–Crippen MR) is 71.6 cm³/mol. The molecule has 2 heteroatoms. The summed E-state index contributed by atoms with van der Waals surface area (Å²) in [6, 6.07) is 1.40. The van der Waals surface area contributed by atoms with Crippen molar-refractivity contribution < 1.29 is 0 Å². The summed E-state index contributed by atoms with van der Waals surface area (Å²) in [6.07, 6.45) is 8.11. The zero-order chi connectivity index (χ0) is 12.0. The second kappa shape index (κ2) is 7.29. The van der Waals surface area contributed by atoms with Crippen LogP contribution in [0, 0.1) is 5.92 Å². The summed E-state index contributed by atoms with van der Waals surface area (Å²) in [5, 5.41) is 0. The molecule has 1 rings (SSSR count). The van der Waals surface area contributed by atoms with Crippen LogP contribution in [0.4, 0.5) is 0 Å². The van der Waals surface area contributed by atoms with E-state index in [4.69, 9.17) is 5.73 Å². The van der Waals surface area contributed by atoms with Gasteiger partial charge in [0.05, 0.1) is 0 Å². The molecule has 1 aliphatic rings. The Balaban J connectivity index is 2.62. The highest BCUT2D eigenvalue weighted by molar-refractivity contribution is 4.82. The highest BCUT2D eigenvalue weighted by Crippen LogP contribution is 2.23. The van der Waals surface area contributed by atoms with Crippen LogP contribution in [-0.4, -0.2) is 30.1 Å². The molecule has 0 amide bonds. The van der Waals surface area contributed by atoms with Gasteiger partial charge in [-0.2, -0.15) is 0 Å². The maximum absolute atomic E-state index is 5.98. The molecule has 1 saturated heterocycles. The van der Waals surface area contributed by atoms with Gasteiger partial charge < -0.3 is 5.73 Å². The third-order valence-corrected chi connectivity index (χ3v) is 3.88. The zero-order valence-corrected chi connectivity index (χ0v) is 11.4. The minimum absolute atomic E-state index is 0.614. The van der Waals surface area contributed by atoms with Crippen molar-refractivity contribution in [3.05, 3.63) is 0 Å². The second-order valence-corrected chi connectivity index (χ2v) is 5.67. The van der Waals surface area contributed by atoms with Crippen LogP contribution in [-0.2, 0) is 0 Å². The van der Waals surface area contributed by atoms with E-state index >= 15 is 0 Å². The van der Waals surface area contributed by atoms with Crippen molar-refractivity contribution in [1.82, 2.24) is 4.90 Å². The summed E-state index contributed by atoms with van der Waals surface area (Å²) in [7, 11) is 0. The largest absolute Gasteiger partial charge is 0.329 e. The number of nitrogens with two attached hydrogens (primary N) is 1. The molecule has 0 aromatic carbocycles. The van der Waals surface area contributed by atoms with Gasteiger partial charge in [0.1, 0.15) is 0 Å². The molecule has 0 bridgehead atoms. The monoisotopic (exact) mass is 226 g/mol. The third-order valence-electron chi connectivity index (χ3n) is 3.88. The molecule has 0 aromatic rings. The Hall–Kier alpha value is -0.0800. The molecule has 2 N–H and O–H groups in total. The Labute approximate surface area is 102 Å². The van der Waals surface area contributed by atoms with Crippen LogP contribution >= 0.6 is 0 Å². The number of hydrogen-bond acceptors (Lipinski definition) is 2. The smallest absolute Gasteiger partial charge is 0.0223 e. The number of hydrogen-bond donors (Lipinski definition) is 1. The van der Waals surface area contributed by atoms with Crippen molar-refractivity contribution in [2.24, 2.45) is 11.7 Å². The molecule has 0 saturated carbocycles. The van der Waals surface area contributed by atoms with E-state index in [1.54, 1.807) is 0 Å². The lowest BCUT2D eigenvalue weighted by atomic mass is 9.99. The second-order valence-electron chi connectivity index (χ2n) is 5.67. The SMILES string of the molecule is CCC1CCCCCN1C(CN)CC(C)C. The highest BCUT2D eigenvalue weighted by Gasteiger charge is 2.26. The van der Waals surface area contributed by atoms with Crippen LogP contribution in [0.5, 0.6) is 0 Å². The Bertz CT molecular complexity index is 180. The maximum Gasteiger partial charge on any atom is 0.0223 e. The average molecular weight is 226 g/mol. The Morgan fingerprint density at radius 1 is 1.25 bits per heavy atom. The maximum atomic E-state index is 5.98. The van der Waals surface area contributed by atoms with Crippen molar-refractivity contribution in [1.29, 1.82) is 0 Å². The normalized spacial score (nSPS) is 25.7. The van der Waals surface area contributed by atoms with Crippen LogP contribution in [0.2, 0.25) is 0 Å². The van der Waals surface area contributed by atoms with Crippen LogP contribution in [0.25, 0.3) is 0 Å². The van der Waals surface area contributed by atoms with E-state index in [1.807, 2.05) is 0 Å². The average Bonchev–Trinajstić information content (AvgIpc) is 2.50. The van der Waals surface area contributed by atoms with E-state index in [9.17, 15) is 0 Å². The quantitative estimate of drug-likeness (QED) is 0.781. The van der Waals surface area contributed by atoms with Crippen LogP contribution in [0.15, 0.2) is 0 Å². The lowest BCUT2D eigenvalue weighted by molar-refractivity contribution is 0.120. The summed E-state index contributed by atoms with van der Waals surface area (Å²) >= 11 is 0. The van der Waals surface area contributed by atoms with E-state index in [-0.39, 0.29) is 0 Å². The van der Waals surface area contributed by atoms with Gasteiger partial charge in [-0.15, -0.1) is 0 Å². The fraction of sp³-hybridized carbons (Fsp3) is 1.00. The molecular formula is C14H30N2. The van der Waals surface area contributed by atoms with Crippen molar-refractivity contribution >= 4 is 0 Å². The van der Waals surface area contributed by atoms with Gasteiger partial charge in [0.2, 0.25) is 0 Å². The van der Waals surface area contributed by atoms with E-state index < -0.39 is 0 Å². The minimum atomic E-state index is 0.614. The minimum Gasteiger partial charge on any atom is -0.329 e. The Morgan fingerprint density at radius 2 is 2.00 bits per heavy atom. The Morgan fingerprint density at radius 3 is 2.56 bits per heavy atom. The van der Waals surface area contributed by atoms with Gasteiger partial charge in [0, 0.05) is 18.6 Å². The van der Waals surface area contributed by atoms with E-state index in [1.165, 1.54) is 45.1 Å². The van der Waals surface area contributed by atoms with E-state index in [0.29, 0.717) is 6.04 Å². The molecule has 0 spiro atoms. The summed E-state index contributed by atoms with van der Waals surface area (Å²) < 4.78 is 0. The number of rotatable bonds is 5. The molecule has 2 unspecified atom stereocenters. The standard InChI is InChI=1S/C14H30N2/c1-4-13-8-6-5-7-9-16(13)14(11-15)10-12(2)3/h12-14H,4-11,15H2,1-3H3. The summed E-state index contributed by atoms with van der Waals surface area (Å²) in [6.45, 7) is 9.04. The first-order valence-corrected chi connectivity index (χ1v) is 7.14. The van der Waals surface area contributed by atoms with Crippen molar-refractivity contribution in [3.63, 3.8) is 0 Å². The fourth-order valence-electron chi connectivity index (χ4n) is 3.03. The zero-order valence-electron chi connectivity index (χ0n) is 11.4. The lowest BCUT2D eigenvalue weighted by Gasteiger charge is -2.37. The molecule has 1 fully saturated rings. The highest BCUT2D eigenvalue weighted by atomic mass is 15.2. The van der Waals surface area contributed by atoms with Crippen molar-refractivity contribution in [2.45, 2.75) is 71.4 Å². The molecule has 2 nitrogen and oxygen atoms in total. The molecule has 96 valence electrons. The predicted octanol–water partition coefficient (Wildman–Crippen LogP) is 3.01. The molecule has 0 radical (unpaired) electrons. The lowest BCUT2D eigenvalue weighted by Crippen LogP contribution is -2.47. The van der Waals surface area contributed by atoms with E-state index in [0.717, 1.165) is 18.5 Å². The fourth-order valence-corrected chi connectivity index (χ4v) is 3.03. The van der Waals surface area contributed by atoms with Gasteiger partial charge in [0.25, 0.3) is 0 Å². The van der Waals surface area contributed by atoms with Gasteiger partial charge in [-0.1, -0.05) is 33.6 Å². The molecule has 2 atom stereocenters. The molecule has 1 heterocycles. The van der Waals surface area contributed by atoms with Gasteiger partial charge in [-0.25, -0.2) is 0 Å². The van der Waals surface area contributed by atoms with Crippen LogP contribution in [0.3, 0.4) is 0 Å². The molecule has 0 aromatic heterocycles. The molecule has 1 aliphatic heterocycles. The number of likely N-dealkylation sites (tertiary alicyclic amines) is 1. The molecule has 0 aliphatic carbocycles. The summed E-state index contributed by atoms with van der Waals surface area (Å²) in [5.74, 6) is 0.759.